The summed E-state index contributed by atoms with van der Waals surface area (Å²) in [7, 11) is 0. The van der Waals surface area contributed by atoms with Crippen molar-refractivity contribution < 1.29 is 27.4 Å². The van der Waals surface area contributed by atoms with Gasteiger partial charge in [0, 0.05) is 24.0 Å². The number of aromatic amines is 1. The van der Waals surface area contributed by atoms with Crippen LogP contribution in [0.15, 0.2) is 24.3 Å². The minimum absolute atomic E-state index is 0.111. The third-order valence-electron chi connectivity index (χ3n) is 4.33. The predicted molar refractivity (Wildman–Crippen MR) is 90.4 cm³/mol. The summed E-state index contributed by atoms with van der Waals surface area (Å²) in [6.45, 7) is 1.90. The maximum Gasteiger partial charge on any atom is 0.401 e. The minimum atomic E-state index is -4.16. The quantitative estimate of drug-likeness (QED) is 0.815. The van der Waals surface area contributed by atoms with Crippen LogP contribution in [0, 0.1) is 0 Å². The Labute approximate surface area is 149 Å². The first-order valence-electron chi connectivity index (χ1n) is 8.59. The van der Waals surface area contributed by atoms with Crippen LogP contribution in [0.2, 0.25) is 0 Å². The maximum absolute atomic E-state index is 12.4. The standard InChI is InChI=1S/C18H21F3N2O3/c1-2-25-17(24)16-10-12-9-14(3-4-15(12)22-16)26-13-5-7-23(8-6-13)11-18(19,20)21/h3-4,9-10,13,22H,2,5-8,11H2,1H3. The van der Waals surface area contributed by atoms with Crippen LogP contribution >= 0.6 is 0 Å². The lowest BCUT2D eigenvalue weighted by Gasteiger charge is -2.32. The van der Waals surface area contributed by atoms with Crippen LogP contribution in [0.25, 0.3) is 10.9 Å². The number of carbonyl (C=O) groups is 1. The van der Waals surface area contributed by atoms with Crippen LogP contribution < -0.4 is 4.74 Å². The fourth-order valence-corrected chi connectivity index (χ4v) is 3.13. The second-order valence-electron chi connectivity index (χ2n) is 6.36. The van der Waals surface area contributed by atoms with E-state index in [9.17, 15) is 18.0 Å². The Morgan fingerprint density at radius 3 is 2.65 bits per heavy atom. The number of hydrogen-bond acceptors (Lipinski definition) is 4. The maximum atomic E-state index is 12.4. The fourth-order valence-electron chi connectivity index (χ4n) is 3.13. The molecule has 2 aromatic rings. The highest BCUT2D eigenvalue weighted by molar-refractivity contribution is 5.95. The minimum Gasteiger partial charge on any atom is -0.490 e. The first kappa shape index (κ1) is 18.6. The number of carbonyl (C=O) groups excluding carboxylic acids is 1. The molecule has 5 nitrogen and oxygen atoms in total. The Kier molecular flexibility index (Phi) is 5.41. The Hall–Kier alpha value is -2.22. The van der Waals surface area contributed by atoms with E-state index in [1.165, 1.54) is 4.90 Å². The second kappa shape index (κ2) is 7.57. The zero-order valence-electron chi connectivity index (χ0n) is 14.4. The summed E-state index contributed by atoms with van der Waals surface area (Å²) in [5, 5.41) is 0.820. The number of likely N-dealkylation sites (tertiary alicyclic amines) is 1. The Balaban J connectivity index is 1.60. The highest BCUT2D eigenvalue weighted by Gasteiger charge is 2.32. The molecular formula is C18H21F3N2O3. The van der Waals surface area contributed by atoms with Gasteiger partial charge in [-0.15, -0.1) is 0 Å². The van der Waals surface area contributed by atoms with E-state index in [1.807, 2.05) is 12.1 Å². The van der Waals surface area contributed by atoms with Gasteiger partial charge in [0.2, 0.25) is 0 Å². The summed E-state index contributed by atoms with van der Waals surface area (Å²) >= 11 is 0. The summed E-state index contributed by atoms with van der Waals surface area (Å²) in [6.07, 6.45) is -3.17. The highest BCUT2D eigenvalue weighted by atomic mass is 19.4. The molecule has 1 fully saturated rings. The molecule has 1 saturated heterocycles. The number of H-pyrrole nitrogens is 1. The molecule has 0 spiro atoms. The Morgan fingerprint density at radius 1 is 1.27 bits per heavy atom. The molecule has 1 aliphatic rings. The number of alkyl halides is 3. The van der Waals surface area contributed by atoms with Crippen LogP contribution in [0.1, 0.15) is 30.3 Å². The molecule has 3 rings (SSSR count). The number of rotatable bonds is 5. The van der Waals surface area contributed by atoms with Crippen LogP contribution in [0.5, 0.6) is 5.75 Å². The van der Waals surface area contributed by atoms with E-state index in [-0.39, 0.29) is 6.10 Å². The van der Waals surface area contributed by atoms with Gasteiger partial charge >= 0.3 is 12.1 Å². The third kappa shape index (κ3) is 4.69. The van der Waals surface area contributed by atoms with Crippen molar-refractivity contribution in [1.82, 2.24) is 9.88 Å². The van der Waals surface area contributed by atoms with Gasteiger partial charge in [0.05, 0.1) is 13.2 Å². The number of aromatic nitrogens is 1. The largest absolute Gasteiger partial charge is 0.490 e. The summed E-state index contributed by atoms with van der Waals surface area (Å²) < 4.78 is 48.2. The van der Waals surface area contributed by atoms with E-state index in [0.29, 0.717) is 44.0 Å². The highest BCUT2D eigenvalue weighted by Crippen LogP contribution is 2.26. The zero-order chi connectivity index (χ0) is 18.7. The molecule has 1 aliphatic heterocycles. The SMILES string of the molecule is CCOC(=O)c1cc2cc(OC3CCN(CC(F)(F)F)CC3)ccc2[nH]1. The van der Waals surface area contributed by atoms with Gasteiger partial charge in [-0.3, -0.25) is 4.90 Å². The van der Waals surface area contributed by atoms with E-state index < -0.39 is 18.7 Å². The topological polar surface area (TPSA) is 54.6 Å². The summed E-state index contributed by atoms with van der Waals surface area (Å²) in [6, 6.07) is 7.12. The number of benzene rings is 1. The average molecular weight is 370 g/mol. The number of hydrogen-bond donors (Lipinski definition) is 1. The second-order valence-corrected chi connectivity index (χ2v) is 6.36. The fraction of sp³-hybridized carbons (Fsp3) is 0.500. The molecule has 1 N–H and O–H groups in total. The van der Waals surface area contributed by atoms with Crippen molar-refractivity contribution in [3.05, 3.63) is 30.0 Å². The van der Waals surface area contributed by atoms with E-state index in [4.69, 9.17) is 9.47 Å². The number of nitrogens with one attached hydrogen (secondary N) is 1. The van der Waals surface area contributed by atoms with Gasteiger partial charge in [0.25, 0.3) is 0 Å². The van der Waals surface area contributed by atoms with Crippen molar-refractivity contribution in [1.29, 1.82) is 0 Å². The predicted octanol–water partition coefficient (Wildman–Crippen LogP) is 3.75. The van der Waals surface area contributed by atoms with Crippen molar-refractivity contribution in [3.63, 3.8) is 0 Å². The van der Waals surface area contributed by atoms with E-state index in [1.54, 1.807) is 19.1 Å². The summed E-state index contributed by atoms with van der Waals surface area (Å²) in [5.41, 5.74) is 1.17. The van der Waals surface area contributed by atoms with E-state index in [0.717, 1.165) is 10.9 Å². The normalized spacial score (nSPS) is 16.8. The number of fused-ring (bicyclic) bond motifs is 1. The number of halogens is 3. The molecule has 0 saturated carbocycles. The molecule has 0 atom stereocenters. The van der Waals surface area contributed by atoms with Gasteiger partial charge in [-0.1, -0.05) is 0 Å². The van der Waals surface area contributed by atoms with Crippen LogP contribution in [0.4, 0.5) is 13.2 Å². The van der Waals surface area contributed by atoms with Crippen molar-refractivity contribution in [2.75, 3.05) is 26.2 Å². The van der Waals surface area contributed by atoms with Gasteiger partial charge in [0.15, 0.2) is 0 Å². The lowest BCUT2D eigenvalue weighted by Crippen LogP contribution is -2.42. The van der Waals surface area contributed by atoms with Crippen molar-refractivity contribution in [2.45, 2.75) is 32.0 Å². The number of ether oxygens (including phenoxy) is 2. The van der Waals surface area contributed by atoms with Crippen molar-refractivity contribution in [3.8, 4) is 5.75 Å². The van der Waals surface area contributed by atoms with Gasteiger partial charge in [-0.25, -0.2) is 4.79 Å². The van der Waals surface area contributed by atoms with Crippen LogP contribution in [-0.2, 0) is 4.74 Å². The average Bonchev–Trinajstić information content (AvgIpc) is 2.99. The molecule has 0 bridgehead atoms. The first-order valence-corrected chi connectivity index (χ1v) is 8.59. The lowest BCUT2D eigenvalue weighted by molar-refractivity contribution is -0.149. The Bertz CT molecular complexity index is 765. The van der Waals surface area contributed by atoms with E-state index in [2.05, 4.69) is 4.98 Å². The molecule has 0 aliphatic carbocycles. The first-order chi connectivity index (χ1) is 12.3. The molecule has 2 heterocycles. The summed E-state index contributed by atoms with van der Waals surface area (Å²) in [4.78, 5) is 16.2. The third-order valence-corrected chi connectivity index (χ3v) is 4.33. The molecule has 0 amide bonds. The molecule has 26 heavy (non-hydrogen) atoms. The van der Waals surface area contributed by atoms with E-state index >= 15 is 0 Å². The van der Waals surface area contributed by atoms with Gasteiger partial charge in [-0.05, 0) is 44.0 Å². The van der Waals surface area contributed by atoms with Crippen molar-refractivity contribution >= 4 is 16.9 Å². The summed E-state index contributed by atoms with van der Waals surface area (Å²) in [5.74, 6) is 0.226. The lowest BCUT2D eigenvalue weighted by atomic mass is 10.1. The van der Waals surface area contributed by atoms with Crippen molar-refractivity contribution in [2.24, 2.45) is 0 Å². The van der Waals surface area contributed by atoms with Gasteiger partial charge < -0.3 is 14.5 Å². The number of piperidine rings is 1. The zero-order valence-corrected chi connectivity index (χ0v) is 14.4. The molecule has 1 aromatic heterocycles. The van der Waals surface area contributed by atoms with Crippen LogP contribution in [0.3, 0.4) is 0 Å². The van der Waals surface area contributed by atoms with Gasteiger partial charge in [-0.2, -0.15) is 13.2 Å². The smallest absolute Gasteiger partial charge is 0.401 e. The monoisotopic (exact) mass is 370 g/mol. The molecule has 0 unspecified atom stereocenters. The molecule has 8 heteroatoms. The molecular weight excluding hydrogens is 349 g/mol. The molecule has 1 aromatic carbocycles. The number of nitrogens with zero attached hydrogens (tertiary/aromatic N) is 1. The molecule has 0 radical (unpaired) electrons. The van der Waals surface area contributed by atoms with Gasteiger partial charge in [0.1, 0.15) is 17.5 Å². The number of esters is 1. The molecule has 142 valence electrons. The van der Waals surface area contributed by atoms with Crippen LogP contribution in [-0.4, -0.2) is 54.4 Å². The Morgan fingerprint density at radius 2 is 2.00 bits per heavy atom.